The number of aromatic carboxylic acids is 1. The molecular formula is C15H17BrN2O5. The lowest BCUT2D eigenvalue weighted by Gasteiger charge is -2.28. The summed E-state index contributed by atoms with van der Waals surface area (Å²) in [6.07, 6.45) is 0. The number of carboxylic acids is 1. The number of nitrogens with zero attached hydrogens (tertiary/aromatic N) is 2. The molecule has 0 bridgehead atoms. The van der Waals surface area contributed by atoms with E-state index in [4.69, 9.17) is 9.84 Å². The first-order valence-electron chi connectivity index (χ1n) is 7.03. The number of hydrogen-bond acceptors (Lipinski definition) is 4. The number of carbonyl (C=O) groups excluding carboxylic acids is 2. The molecule has 1 N–H and O–H groups in total. The van der Waals surface area contributed by atoms with Crippen LogP contribution in [0.1, 0.15) is 20.7 Å². The maximum Gasteiger partial charge on any atom is 0.335 e. The number of carboxylic acid groups (broad SMARTS) is 1. The Morgan fingerprint density at radius 1 is 1.22 bits per heavy atom. The fourth-order valence-electron chi connectivity index (χ4n) is 2.24. The Hall–Kier alpha value is -1.93. The van der Waals surface area contributed by atoms with Crippen molar-refractivity contribution in [3.63, 3.8) is 0 Å². The Morgan fingerprint density at radius 3 is 2.43 bits per heavy atom. The lowest BCUT2D eigenvalue weighted by Crippen LogP contribution is -2.46. The first-order chi connectivity index (χ1) is 10.9. The molecule has 0 atom stereocenters. The normalized spacial score (nSPS) is 14.4. The summed E-state index contributed by atoms with van der Waals surface area (Å²) in [5, 5.41) is 9.05. The van der Waals surface area contributed by atoms with Gasteiger partial charge in [-0.2, -0.15) is 0 Å². The van der Waals surface area contributed by atoms with Crippen molar-refractivity contribution in [3.05, 3.63) is 33.8 Å². The summed E-state index contributed by atoms with van der Waals surface area (Å²) in [7, 11) is 1.52. The van der Waals surface area contributed by atoms with E-state index in [9.17, 15) is 14.4 Å². The quantitative estimate of drug-likeness (QED) is 0.838. The molecule has 1 aliphatic rings. The number of rotatable bonds is 4. The van der Waals surface area contributed by atoms with Crippen LogP contribution in [0.5, 0.6) is 0 Å². The smallest absolute Gasteiger partial charge is 0.335 e. The summed E-state index contributed by atoms with van der Waals surface area (Å²) < 4.78 is 5.68. The summed E-state index contributed by atoms with van der Waals surface area (Å²) in [5.41, 5.74) is 0.227. The van der Waals surface area contributed by atoms with Crippen molar-refractivity contribution >= 4 is 33.7 Å². The minimum atomic E-state index is -1.12. The number of likely N-dealkylation sites (N-methyl/N-ethyl adjacent to an activating group) is 1. The molecule has 2 rings (SSSR count). The largest absolute Gasteiger partial charge is 0.478 e. The molecule has 23 heavy (non-hydrogen) atoms. The molecule has 0 aromatic heterocycles. The van der Waals surface area contributed by atoms with E-state index in [1.165, 1.54) is 30.1 Å². The first-order valence-corrected chi connectivity index (χ1v) is 7.82. The van der Waals surface area contributed by atoms with Gasteiger partial charge in [0.15, 0.2) is 0 Å². The van der Waals surface area contributed by atoms with Crippen molar-refractivity contribution in [1.82, 2.24) is 9.80 Å². The third kappa shape index (κ3) is 4.52. The summed E-state index contributed by atoms with van der Waals surface area (Å²) in [4.78, 5) is 38.6. The number of ether oxygens (including phenoxy) is 1. The summed E-state index contributed by atoms with van der Waals surface area (Å²) in [6.45, 7) is 1.96. The van der Waals surface area contributed by atoms with Crippen LogP contribution in [0.15, 0.2) is 22.7 Å². The number of morpholine rings is 1. The molecule has 1 aliphatic heterocycles. The van der Waals surface area contributed by atoms with Gasteiger partial charge in [0.2, 0.25) is 5.91 Å². The number of amides is 2. The van der Waals surface area contributed by atoms with Gasteiger partial charge in [0.1, 0.15) is 0 Å². The van der Waals surface area contributed by atoms with Crippen LogP contribution in [0.3, 0.4) is 0 Å². The maximum atomic E-state index is 12.4. The molecule has 0 saturated carbocycles. The second-order valence-electron chi connectivity index (χ2n) is 5.19. The molecule has 0 aliphatic carbocycles. The van der Waals surface area contributed by atoms with Crippen LogP contribution in [-0.2, 0) is 9.53 Å². The van der Waals surface area contributed by atoms with Crippen LogP contribution in [0, 0.1) is 0 Å². The Bertz CT molecular complexity index is 628. The molecule has 124 valence electrons. The molecular weight excluding hydrogens is 368 g/mol. The Morgan fingerprint density at radius 2 is 1.83 bits per heavy atom. The summed E-state index contributed by atoms with van der Waals surface area (Å²) in [5.74, 6) is -1.68. The number of carbonyl (C=O) groups is 3. The zero-order chi connectivity index (χ0) is 17.0. The Balaban J connectivity index is 2.07. The van der Waals surface area contributed by atoms with E-state index >= 15 is 0 Å². The SMILES string of the molecule is CN(CC(=O)N1CCOCC1)C(=O)c1cc(Br)cc(C(=O)O)c1. The molecule has 1 aromatic rings. The first kappa shape index (κ1) is 17.4. The summed E-state index contributed by atoms with van der Waals surface area (Å²) >= 11 is 3.19. The average molecular weight is 385 g/mol. The fourth-order valence-corrected chi connectivity index (χ4v) is 2.74. The molecule has 2 amide bonds. The standard InChI is InChI=1S/C15H17BrN2O5/c1-17(9-13(19)18-2-4-23-5-3-18)14(20)10-6-11(15(21)22)8-12(16)7-10/h6-8H,2-5,9H2,1H3,(H,21,22). The van der Waals surface area contributed by atoms with Gasteiger partial charge in [0.25, 0.3) is 5.91 Å². The van der Waals surface area contributed by atoms with Gasteiger partial charge >= 0.3 is 5.97 Å². The Kier molecular flexibility index (Phi) is 5.73. The highest BCUT2D eigenvalue weighted by molar-refractivity contribution is 9.10. The molecule has 0 spiro atoms. The van der Waals surface area contributed by atoms with Gasteiger partial charge in [-0.25, -0.2) is 4.79 Å². The zero-order valence-electron chi connectivity index (χ0n) is 12.6. The lowest BCUT2D eigenvalue weighted by atomic mass is 10.1. The molecule has 1 fully saturated rings. The van der Waals surface area contributed by atoms with Crippen molar-refractivity contribution in [1.29, 1.82) is 0 Å². The van der Waals surface area contributed by atoms with Crippen LogP contribution >= 0.6 is 15.9 Å². The lowest BCUT2D eigenvalue weighted by molar-refractivity contribution is -0.135. The van der Waals surface area contributed by atoms with Gasteiger partial charge in [0.05, 0.1) is 25.3 Å². The number of hydrogen-bond donors (Lipinski definition) is 1. The molecule has 0 unspecified atom stereocenters. The molecule has 7 nitrogen and oxygen atoms in total. The maximum absolute atomic E-state index is 12.4. The van der Waals surface area contributed by atoms with Crippen molar-refractivity contribution < 1.29 is 24.2 Å². The van der Waals surface area contributed by atoms with Crippen LogP contribution < -0.4 is 0 Å². The van der Waals surface area contributed by atoms with Gasteiger partial charge in [-0.1, -0.05) is 15.9 Å². The number of halogens is 1. The van der Waals surface area contributed by atoms with E-state index in [1.54, 1.807) is 4.90 Å². The van der Waals surface area contributed by atoms with E-state index in [0.29, 0.717) is 30.8 Å². The van der Waals surface area contributed by atoms with Crippen LogP contribution in [0.2, 0.25) is 0 Å². The van der Waals surface area contributed by atoms with Gasteiger partial charge < -0.3 is 19.6 Å². The molecule has 8 heteroatoms. The van der Waals surface area contributed by atoms with Crippen molar-refractivity contribution in [2.75, 3.05) is 39.9 Å². The molecule has 1 saturated heterocycles. The van der Waals surface area contributed by atoms with E-state index in [-0.39, 0.29) is 23.6 Å². The van der Waals surface area contributed by atoms with Crippen LogP contribution in [0.4, 0.5) is 0 Å². The highest BCUT2D eigenvalue weighted by Gasteiger charge is 2.22. The predicted octanol–water partition coefficient (Wildman–Crippen LogP) is 1.08. The van der Waals surface area contributed by atoms with E-state index in [2.05, 4.69) is 15.9 Å². The van der Waals surface area contributed by atoms with Gasteiger partial charge in [-0.05, 0) is 18.2 Å². The highest BCUT2D eigenvalue weighted by atomic mass is 79.9. The van der Waals surface area contributed by atoms with E-state index in [1.807, 2.05) is 0 Å². The van der Waals surface area contributed by atoms with E-state index < -0.39 is 11.9 Å². The topological polar surface area (TPSA) is 87.2 Å². The average Bonchev–Trinajstić information content (AvgIpc) is 2.54. The van der Waals surface area contributed by atoms with Crippen molar-refractivity contribution in [2.24, 2.45) is 0 Å². The fraction of sp³-hybridized carbons (Fsp3) is 0.400. The predicted molar refractivity (Wildman–Crippen MR) is 85.5 cm³/mol. The summed E-state index contributed by atoms with van der Waals surface area (Å²) in [6, 6.07) is 4.24. The van der Waals surface area contributed by atoms with E-state index in [0.717, 1.165) is 0 Å². The second kappa shape index (κ2) is 7.56. The van der Waals surface area contributed by atoms with Gasteiger partial charge in [-0.15, -0.1) is 0 Å². The molecule has 1 aromatic carbocycles. The van der Waals surface area contributed by atoms with Crippen molar-refractivity contribution in [3.8, 4) is 0 Å². The third-order valence-corrected chi connectivity index (χ3v) is 3.93. The minimum Gasteiger partial charge on any atom is -0.478 e. The van der Waals surface area contributed by atoms with Crippen LogP contribution in [-0.4, -0.2) is 72.6 Å². The molecule has 1 heterocycles. The van der Waals surface area contributed by atoms with Crippen molar-refractivity contribution in [2.45, 2.75) is 0 Å². The highest BCUT2D eigenvalue weighted by Crippen LogP contribution is 2.17. The van der Waals surface area contributed by atoms with Gasteiger partial charge in [-0.3, -0.25) is 9.59 Å². The Labute approximate surface area is 141 Å². The minimum absolute atomic E-state index is 0.00984. The van der Waals surface area contributed by atoms with Gasteiger partial charge in [0, 0.05) is 30.2 Å². The zero-order valence-corrected chi connectivity index (χ0v) is 14.2. The number of benzene rings is 1. The monoisotopic (exact) mass is 384 g/mol. The molecule has 0 radical (unpaired) electrons. The third-order valence-electron chi connectivity index (χ3n) is 3.47. The second-order valence-corrected chi connectivity index (χ2v) is 6.10. The van der Waals surface area contributed by atoms with Crippen LogP contribution in [0.25, 0.3) is 0 Å².